The van der Waals surface area contributed by atoms with Gasteiger partial charge in [-0.25, -0.2) is 14.4 Å². The molecule has 0 saturated carbocycles. The number of carbonyl (C=O) groups excluding carboxylic acids is 1. The van der Waals surface area contributed by atoms with E-state index in [4.69, 9.17) is 4.42 Å². The van der Waals surface area contributed by atoms with Crippen LogP contribution in [0.15, 0.2) is 65.9 Å². The zero-order valence-electron chi connectivity index (χ0n) is 19.2. The highest BCUT2D eigenvalue weighted by molar-refractivity contribution is 5.98. The van der Waals surface area contributed by atoms with E-state index in [1.54, 1.807) is 37.2 Å². The lowest BCUT2D eigenvalue weighted by atomic mass is 10.0. The van der Waals surface area contributed by atoms with Crippen LogP contribution in [0.4, 0.5) is 10.1 Å². The number of pyridine rings is 2. The van der Waals surface area contributed by atoms with Crippen molar-refractivity contribution in [2.45, 2.75) is 19.8 Å². The number of hydrogen-bond acceptors (Lipinski definition) is 6. The lowest BCUT2D eigenvalue weighted by Gasteiger charge is -2.07. The number of halogens is 1. The van der Waals surface area contributed by atoms with Crippen LogP contribution in [0.1, 0.15) is 19.8 Å². The first-order valence-corrected chi connectivity index (χ1v) is 11.4. The molecule has 1 aromatic carbocycles. The van der Waals surface area contributed by atoms with Crippen LogP contribution in [0.2, 0.25) is 0 Å². The summed E-state index contributed by atoms with van der Waals surface area (Å²) in [7, 11) is 0. The van der Waals surface area contributed by atoms with Crippen molar-refractivity contribution >= 4 is 33.7 Å². The van der Waals surface area contributed by atoms with Gasteiger partial charge in [-0.05, 0) is 42.3 Å². The van der Waals surface area contributed by atoms with Crippen molar-refractivity contribution in [3.63, 3.8) is 0 Å². The average molecular weight is 481 g/mol. The monoisotopic (exact) mass is 481 g/mol. The molecule has 0 radical (unpaired) electrons. The Balaban J connectivity index is 1.44. The quantitative estimate of drug-likeness (QED) is 0.280. The van der Waals surface area contributed by atoms with E-state index in [0.717, 1.165) is 23.1 Å². The maximum Gasteiger partial charge on any atom is 0.224 e. The molecular weight excluding hydrogens is 461 g/mol. The summed E-state index contributed by atoms with van der Waals surface area (Å²) in [5, 5.41) is 10.5. The van der Waals surface area contributed by atoms with Gasteiger partial charge in [-0.2, -0.15) is 5.10 Å². The van der Waals surface area contributed by atoms with Crippen molar-refractivity contribution in [1.82, 2.24) is 30.1 Å². The van der Waals surface area contributed by atoms with Gasteiger partial charge in [0.2, 0.25) is 5.91 Å². The number of hydrogen-bond donors (Lipinski definition) is 3. The van der Waals surface area contributed by atoms with Crippen LogP contribution < -0.4 is 5.32 Å². The fourth-order valence-electron chi connectivity index (χ4n) is 4.23. The molecule has 0 aliphatic rings. The standard InChI is InChI=1S/C26H20FN7O2/c1-2-3-21(35)30-17-8-16(11-28-12-17)15-9-19-22(20(27)10-15)33-34-24(19)26-31-23-18(14-5-7-36-13-14)4-6-29-25(23)32-26/h4-13H,2-3H2,1H3,(H,30,35)(H,33,34)(H,29,31,32). The second-order valence-electron chi connectivity index (χ2n) is 8.37. The van der Waals surface area contributed by atoms with Crippen LogP contribution >= 0.6 is 0 Å². The second-order valence-corrected chi connectivity index (χ2v) is 8.37. The number of imidazole rings is 1. The van der Waals surface area contributed by atoms with Gasteiger partial charge in [0, 0.05) is 40.9 Å². The summed E-state index contributed by atoms with van der Waals surface area (Å²) in [5.74, 6) is -0.103. The van der Waals surface area contributed by atoms with Gasteiger partial charge in [0.1, 0.15) is 11.2 Å². The van der Waals surface area contributed by atoms with Crippen molar-refractivity contribution in [2.75, 3.05) is 5.32 Å². The first-order valence-electron chi connectivity index (χ1n) is 11.4. The Labute approximate surface area is 203 Å². The largest absolute Gasteiger partial charge is 0.472 e. The number of H-pyrrole nitrogens is 2. The van der Waals surface area contributed by atoms with E-state index in [1.165, 1.54) is 6.07 Å². The van der Waals surface area contributed by atoms with Gasteiger partial charge in [0.05, 0.1) is 29.9 Å². The molecule has 5 aromatic heterocycles. The van der Waals surface area contributed by atoms with Gasteiger partial charge in [0.25, 0.3) is 0 Å². The van der Waals surface area contributed by atoms with E-state index in [9.17, 15) is 4.79 Å². The smallest absolute Gasteiger partial charge is 0.224 e. The fourth-order valence-corrected chi connectivity index (χ4v) is 4.23. The van der Waals surface area contributed by atoms with E-state index in [0.29, 0.717) is 45.8 Å². The third-order valence-electron chi connectivity index (χ3n) is 5.91. The lowest BCUT2D eigenvalue weighted by molar-refractivity contribution is -0.116. The van der Waals surface area contributed by atoms with Crippen molar-refractivity contribution in [3.05, 3.63) is 67.3 Å². The highest BCUT2D eigenvalue weighted by Crippen LogP contribution is 2.34. The Kier molecular flexibility index (Phi) is 5.25. The maximum atomic E-state index is 15.1. The van der Waals surface area contributed by atoms with Crippen molar-refractivity contribution in [1.29, 1.82) is 0 Å². The van der Waals surface area contributed by atoms with Crippen LogP contribution in [-0.4, -0.2) is 36.0 Å². The number of benzene rings is 1. The molecule has 9 nitrogen and oxygen atoms in total. The zero-order valence-corrected chi connectivity index (χ0v) is 19.2. The SMILES string of the molecule is CCCC(=O)Nc1cncc(-c2cc(F)c3n[nH]c(-c4nc5nccc(-c6ccoc6)c5[nH]4)c3c2)c1. The molecule has 178 valence electrons. The molecule has 6 rings (SSSR count). The number of amides is 1. The maximum absolute atomic E-state index is 15.1. The van der Waals surface area contributed by atoms with Gasteiger partial charge < -0.3 is 14.7 Å². The first-order chi connectivity index (χ1) is 17.6. The van der Waals surface area contributed by atoms with Crippen LogP contribution in [0.5, 0.6) is 0 Å². The van der Waals surface area contributed by atoms with Gasteiger partial charge in [-0.15, -0.1) is 0 Å². The number of fused-ring (bicyclic) bond motifs is 2. The minimum atomic E-state index is -0.487. The lowest BCUT2D eigenvalue weighted by Crippen LogP contribution is -2.10. The number of anilines is 1. The van der Waals surface area contributed by atoms with E-state index < -0.39 is 5.82 Å². The minimum Gasteiger partial charge on any atom is -0.472 e. The summed E-state index contributed by atoms with van der Waals surface area (Å²) in [6.45, 7) is 1.94. The summed E-state index contributed by atoms with van der Waals surface area (Å²) in [4.78, 5) is 28.5. The number of aromatic amines is 2. The van der Waals surface area contributed by atoms with E-state index in [-0.39, 0.29) is 11.4 Å². The molecule has 0 aliphatic carbocycles. The number of furan rings is 1. The summed E-state index contributed by atoms with van der Waals surface area (Å²) in [6, 6.07) is 8.72. The van der Waals surface area contributed by atoms with Crippen molar-refractivity contribution in [3.8, 4) is 33.8 Å². The molecule has 0 unspecified atom stereocenters. The summed E-state index contributed by atoms with van der Waals surface area (Å²) >= 11 is 0. The summed E-state index contributed by atoms with van der Waals surface area (Å²) in [5.41, 5.74) is 5.54. The predicted molar refractivity (Wildman–Crippen MR) is 133 cm³/mol. The molecule has 6 aromatic rings. The Bertz CT molecular complexity index is 1720. The molecule has 36 heavy (non-hydrogen) atoms. The predicted octanol–water partition coefficient (Wildman–Crippen LogP) is 5.70. The normalized spacial score (nSPS) is 11.4. The Hall–Kier alpha value is -4.86. The van der Waals surface area contributed by atoms with Crippen molar-refractivity contribution in [2.24, 2.45) is 0 Å². The minimum absolute atomic E-state index is 0.0940. The van der Waals surface area contributed by atoms with Crippen LogP contribution in [0, 0.1) is 5.82 Å². The van der Waals surface area contributed by atoms with Gasteiger partial charge >= 0.3 is 0 Å². The molecule has 1 amide bonds. The first kappa shape index (κ1) is 21.7. The van der Waals surface area contributed by atoms with E-state index >= 15 is 4.39 Å². The highest BCUT2D eigenvalue weighted by atomic mass is 19.1. The van der Waals surface area contributed by atoms with Crippen LogP contribution in [-0.2, 0) is 4.79 Å². The Morgan fingerprint density at radius 3 is 2.89 bits per heavy atom. The number of nitrogens with zero attached hydrogens (tertiary/aromatic N) is 4. The highest BCUT2D eigenvalue weighted by Gasteiger charge is 2.18. The molecule has 0 fully saturated rings. The van der Waals surface area contributed by atoms with Crippen LogP contribution in [0.3, 0.4) is 0 Å². The fraction of sp³-hybridized carbons (Fsp3) is 0.115. The van der Waals surface area contributed by atoms with Crippen molar-refractivity contribution < 1.29 is 13.6 Å². The molecule has 0 aliphatic heterocycles. The van der Waals surface area contributed by atoms with Crippen LogP contribution in [0.25, 0.3) is 55.8 Å². The topological polar surface area (TPSA) is 125 Å². The van der Waals surface area contributed by atoms with E-state index in [1.807, 2.05) is 25.1 Å². The molecule has 0 bridgehead atoms. The number of carbonyl (C=O) groups is 1. The molecule has 0 spiro atoms. The summed E-state index contributed by atoms with van der Waals surface area (Å²) < 4.78 is 20.3. The number of nitrogens with one attached hydrogen (secondary N) is 3. The number of aromatic nitrogens is 6. The van der Waals surface area contributed by atoms with Gasteiger partial charge in [-0.1, -0.05) is 6.92 Å². The third-order valence-corrected chi connectivity index (χ3v) is 5.91. The average Bonchev–Trinajstić information content (AvgIpc) is 3.63. The Morgan fingerprint density at radius 1 is 1.14 bits per heavy atom. The third kappa shape index (κ3) is 3.78. The summed E-state index contributed by atoms with van der Waals surface area (Å²) in [6.07, 6.45) is 9.27. The number of rotatable bonds is 6. The zero-order chi connectivity index (χ0) is 24.6. The molecule has 0 atom stereocenters. The Morgan fingerprint density at radius 2 is 2.06 bits per heavy atom. The second kappa shape index (κ2) is 8.73. The molecule has 10 heteroatoms. The van der Waals surface area contributed by atoms with E-state index in [2.05, 4.69) is 35.5 Å². The van der Waals surface area contributed by atoms with Gasteiger partial charge in [0.15, 0.2) is 17.3 Å². The molecule has 5 heterocycles. The molecular formula is C26H20FN7O2. The van der Waals surface area contributed by atoms with Gasteiger partial charge in [-0.3, -0.25) is 14.9 Å². The molecule has 3 N–H and O–H groups in total. The molecule has 0 saturated heterocycles.